The Morgan fingerprint density at radius 1 is 1.15 bits per heavy atom. The SMILES string of the molecule is O=C(O)NC1(CS(=O)(=O)CC2(c3ccc(F)c(C(F)(F)F)c3)CC2)CC1. The number of hydrogen-bond acceptors (Lipinski definition) is 3. The fourth-order valence-electron chi connectivity index (χ4n) is 3.32. The van der Waals surface area contributed by atoms with Crippen LogP contribution in [-0.4, -0.2) is 36.7 Å². The summed E-state index contributed by atoms with van der Waals surface area (Å²) in [7, 11) is -3.73. The lowest BCUT2D eigenvalue weighted by Crippen LogP contribution is -2.42. The number of carboxylic acid groups (broad SMARTS) is 1. The zero-order chi connectivity index (χ0) is 19.4. The number of rotatable bonds is 6. The van der Waals surface area contributed by atoms with E-state index in [1.807, 2.05) is 0 Å². The molecule has 2 N–H and O–H groups in total. The summed E-state index contributed by atoms with van der Waals surface area (Å²) in [6.07, 6.45) is -4.60. The molecule has 0 bridgehead atoms. The van der Waals surface area contributed by atoms with Crippen molar-refractivity contribution in [2.75, 3.05) is 11.5 Å². The number of benzene rings is 1. The van der Waals surface area contributed by atoms with Crippen molar-refractivity contribution in [3.63, 3.8) is 0 Å². The number of amides is 1. The lowest BCUT2D eigenvalue weighted by atomic mass is 9.96. The van der Waals surface area contributed by atoms with Crippen LogP contribution in [0.1, 0.15) is 36.8 Å². The molecule has 0 atom stereocenters. The highest BCUT2D eigenvalue weighted by molar-refractivity contribution is 7.91. The molecule has 1 aromatic rings. The molecule has 5 nitrogen and oxygen atoms in total. The van der Waals surface area contributed by atoms with Crippen molar-refractivity contribution >= 4 is 15.9 Å². The number of alkyl halides is 3. The summed E-state index contributed by atoms with van der Waals surface area (Å²) >= 11 is 0. The van der Waals surface area contributed by atoms with Crippen LogP contribution in [0.4, 0.5) is 22.4 Å². The highest BCUT2D eigenvalue weighted by atomic mass is 32.2. The molecule has 26 heavy (non-hydrogen) atoms. The molecule has 2 fully saturated rings. The third-order valence-electron chi connectivity index (χ3n) is 4.96. The van der Waals surface area contributed by atoms with Crippen LogP contribution in [0.25, 0.3) is 0 Å². The summed E-state index contributed by atoms with van der Waals surface area (Å²) in [5.41, 5.74) is -3.23. The molecule has 0 spiro atoms. The highest BCUT2D eigenvalue weighted by Crippen LogP contribution is 2.51. The van der Waals surface area contributed by atoms with E-state index in [0.717, 1.165) is 0 Å². The number of halogens is 4. The first kappa shape index (κ1) is 18.9. The van der Waals surface area contributed by atoms with Crippen LogP contribution in [0, 0.1) is 5.82 Å². The van der Waals surface area contributed by atoms with E-state index < -0.39 is 44.4 Å². The fourth-order valence-corrected chi connectivity index (χ4v) is 5.92. The summed E-state index contributed by atoms with van der Waals surface area (Å²) < 4.78 is 77.2. The van der Waals surface area contributed by atoms with Crippen molar-refractivity contribution < 1.29 is 35.9 Å². The summed E-state index contributed by atoms with van der Waals surface area (Å²) in [4.78, 5) is 10.8. The summed E-state index contributed by atoms with van der Waals surface area (Å²) in [6.45, 7) is 0. The number of sulfone groups is 1. The van der Waals surface area contributed by atoms with Crippen LogP contribution in [0.5, 0.6) is 0 Å². The molecular formula is C16H17F4NO4S. The quantitative estimate of drug-likeness (QED) is 0.725. The highest BCUT2D eigenvalue weighted by Gasteiger charge is 2.53. The van der Waals surface area contributed by atoms with Crippen LogP contribution in [0.2, 0.25) is 0 Å². The average Bonchev–Trinajstić information content (AvgIpc) is 3.36. The van der Waals surface area contributed by atoms with Gasteiger partial charge in [0.2, 0.25) is 0 Å². The zero-order valence-corrected chi connectivity index (χ0v) is 14.4. The van der Waals surface area contributed by atoms with Crippen LogP contribution in [0.15, 0.2) is 18.2 Å². The Bertz CT molecular complexity index is 842. The van der Waals surface area contributed by atoms with Gasteiger partial charge in [-0.15, -0.1) is 0 Å². The maximum atomic E-state index is 13.5. The van der Waals surface area contributed by atoms with Crippen molar-refractivity contribution in [1.82, 2.24) is 5.32 Å². The Morgan fingerprint density at radius 3 is 2.23 bits per heavy atom. The predicted octanol–water partition coefficient (Wildman–Crippen LogP) is 3.09. The van der Waals surface area contributed by atoms with Gasteiger partial charge in [0.25, 0.3) is 0 Å². The Labute approximate surface area is 147 Å². The van der Waals surface area contributed by atoms with Crippen molar-refractivity contribution in [2.45, 2.75) is 42.8 Å². The molecule has 0 heterocycles. The standard InChI is InChI=1S/C16H17F4NO4S/c17-12-2-1-10(7-11(12)16(18,19)20)14(3-4-14)8-26(24,25)9-15(5-6-15)21-13(22)23/h1-2,7,21H,3-6,8-9H2,(H,22,23). The third-order valence-corrected chi connectivity index (χ3v) is 6.94. The fraction of sp³-hybridized carbons (Fsp3) is 0.562. The van der Waals surface area contributed by atoms with Gasteiger partial charge in [-0.3, -0.25) is 0 Å². The van der Waals surface area contributed by atoms with Crippen molar-refractivity contribution in [2.24, 2.45) is 0 Å². The van der Waals surface area contributed by atoms with Gasteiger partial charge >= 0.3 is 12.3 Å². The van der Waals surface area contributed by atoms with E-state index >= 15 is 0 Å². The lowest BCUT2D eigenvalue weighted by molar-refractivity contribution is -0.140. The Hall–Kier alpha value is -1.84. The molecule has 0 radical (unpaired) electrons. The van der Waals surface area contributed by atoms with Crippen LogP contribution in [-0.2, 0) is 21.4 Å². The van der Waals surface area contributed by atoms with E-state index in [-0.39, 0.29) is 17.1 Å². The molecule has 2 aliphatic rings. The van der Waals surface area contributed by atoms with Crippen LogP contribution in [0.3, 0.4) is 0 Å². The number of carbonyl (C=O) groups is 1. The predicted molar refractivity (Wildman–Crippen MR) is 84.1 cm³/mol. The van der Waals surface area contributed by atoms with Gasteiger partial charge in [0.1, 0.15) is 5.82 Å². The molecule has 10 heteroatoms. The van der Waals surface area contributed by atoms with Crippen molar-refractivity contribution in [3.05, 3.63) is 35.1 Å². The largest absolute Gasteiger partial charge is 0.465 e. The van der Waals surface area contributed by atoms with E-state index in [1.54, 1.807) is 0 Å². The first-order chi connectivity index (χ1) is 11.9. The normalized spacial score (nSPS) is 20.5. The molecule has 3 rings (SSSR count). The Morgan fingerprint density at radius 2 is 1.77 bits per heavy atom. The monoisotopic (exact) mass is 395 g/mol. The van der Waals surface area contributed by atoms with Gasteiger partial charge in [0.15, 0.2) is 9.84 Å². The van der Waals surface area contributed by atoms with E-state index in [2.05, 4.69) is 5.32 Å². The van der Waals surface area contributed by atoms with Gasteiger partial charge in [-0.1, -0.05) is 6.07 Å². The average molecular weight is 395 g/mol. The molecule has 0 aliphatic heterocycles. The zero-order valence-electron chi connectivity index (χ0n) is 13.6. The second-order valence-corrected chi connectivity index (χ2v) is 9.28. The summed E-state index contributed by atoms with van der Waals surface area (Å²) in [5, 5.41) is 11.0. The summed E-state index contributed by atoms with van der Waals surface area (Å²) in [5.74, 6) is -2.17. The first-order valence-corrected chi connectivity index (χ1v) is 9.78. The number of nitrogens with one attached hydrogen (secondary N) is 1. The number of hydrogen-bond donors (Lipinski definition) is 2. The van der Waals surface area contributed by atoms with Gasteiger partial charge < -0.3 is 10.4 Å². The molecule has 144 valence electrons. The summed E-state index contributed by atoms with van der Waals surface area (Å²) in [6, 6.07) is 2.58. The van der Waals surface area contributed by atoms with Gasteiger partial charge in [-0.25, -0.2) is 17.6 Å². The van der Waals surface area contributed by atoms with Gasteiger partial charge in [-0.05, 0) is 43.4 Å². The lowest BCUT2D eigenvalue weighted by Gasteiger charge is -2.21. The second-order valence-electron chi connectivity index (χ2n) is 7.22. The molecule has 1 aromatic carbocycles. The molecule has 0 unspecified atom stereocenters. The van der Waals surface area contributed by atoms with E-state index in [1.165, 1.54) is 6.07 Å². The maximum Gasteiger partial charge on any atom is 0.419 e. The minimum atomic E-state index is -4.86. The molecule has 2 saturated carbocycles. The van der Waals surface area contributed by atoms with Crippen LogP contribution >= 0.6 is 0 Å². The van der Waals surface area contributed by atoms with Crippen molar-refractivity contribution in [1.29, 1.82) is 0 Å². The Kier molecular flexibility index (Phi) is 4.25. The van der Waals surface area contributed by atoms with E-state index in [9.17, 15) is 30.8 Å². The third kappa shape index (κ3) is 3.94. The first-order valence-electron chi connectivity index (χ1n) is 7.95. The van der Waals surface area contributed by atoms with Gasteiger partial charge in [0, 0.05) is 5.41 Å². The van der Waals surface area contributed by atoms with Gasteiger partial charge in [0.05, 0.1) is 22.6 Å². The maximum absolute atomic E-state index is 13.5. The van der Waals surface area contributed by atoms with Crippen molar-refractivity contribution in [3.8, 4) is 0 Å². The van der Waals surface area contributed by atoms with Gasteiger partial charge in [-0.2, -0.15) is 13.2 Å². The van der Waals surface area contributed by atoms with E-state index in [0.29, 0.717) is 37.8 Å². The topological polar surface area (TPSA) is 83.5 Å². The minimum absolute atomic E-state index is 0.144. The molecule has 0 aromatic heterocycles. The molecule has 0 saturated heterocycles. The van der Waals surface area contributed by atoms with E-state index in [4.69, 9.17) is 5.11 Å². The van der Waals surface area contributed by atoms with Crippen LogP contribution < -0.4 is 5.32 Å². The Balaban J connectivity index is 1.81. The molecule has 1 amide bonds. The molecular weight excluding hydrogens is 378 g/mol. The smallest absolute Gasteiger partial charge is 0.419 e. The molecule has 2 aliphatic carbocycles. The minimum Gasteiger partial charge on any atom is -0.465 e. The second kappa shape index (κ2) is 5.83.